The van der Waals surface area contributed by atoms with Gasteiger partial charge in [-0.05, 0) is 30.9 Å². The second-order valence-corrected chi connectivity index (χ2v) is 5.37. The summed E-state index contributed by atoms with van der Waals surface area (Å²) in [7, 11) is 0. The first-order valence-corrected chi connectivity index (χ1v) is 7.10. The van der Waals surface area contributed by atoms with E-state index in [-0.39, 0.29) is 0 Å². The van der Waals surface area contributed by atoms with Crippen LogP contribution in [0.4, 0.5) is 0 Å². The highest BCUT2D eigenvalue weighted by molar-refractivity contribution is 5.75. The van der Waals surface area contributed by atoms with Crippen molar-refractivity contribution < 1.29 is 14.6 Å². The second kappa shape index (κ2) is 6.71. The van der Waals surface area contributed by atoms with Crippen molar-refractivity contribution >= 4 is 5.97 Å². The molecule has 1 aliphatic carbocycles. The van der Waals surface area contributed by atoms with Crippen LogP contribution >= 0.6 is 0 Å². The van der Waals surface area contributed by atoms with Crippen LogP contribution < -0.4 is 0 Å². The Balaban J connectivity index is 1.86. The molecule has 1 unspecified atom stereocenters. The van der Waals surface area contributed by atoms with E-state index in [1.54, 1.807) is 6.92 Å². The van der Waals surface area contributed by atoms with Gasteiger partial charge in [-0.15, -0.1) is 0 Å². The van der Waals surface area contributed by atoms with Crippen LogP contribution in [0, 0.1) is 0 Å². The molecule has 1 aliphatic rings. The molecule has 3 heteroatoms. The van der Waals surface area contributed by atoms with Crippen LogP contribution in [-0.4, -0.2) is 17.2 Å². The van der Waals surface area contributed by atoms with Crippen LogP contribution in [0.2, 0.25) is 0 Å². The van der Waals surface area contributed by atoms with Gasteiger partial charge in [0.2, 0.25) is 0 Å². The van der Waals surface area contributed by atoms with Gasteiger partial charge in [0.25, 0.3) is 0 Å². The van der Waals surface area contributed by atoms with Gasteiger partial charge >= 0.3 is 5.97 Å². The van der Waals surface area contributed by atoms with E-state index in [2.05, 4.69) is 0 Å². The average Bonchev–Trinajstić information content (AvgIpc) is 2.46. The summed E-state index contributed by atoms with van der Waals surface area (Å²) in [5.41, 5.74) is 1.96. The smallest absolute Gasteiger partial charge is 0.310 e. The minimum absolute atomic E-state index is 0.409. The zero-order valence-corrected chi connectivity index (χ0v) is 11.5. The Morgan fingerprint density at radius 1 is 1.26 bits per heavy atom. The summed E-state index contributed by atoms with van der Waals surface area (Å²) in [6, 6.07) is 7.71. The number of ether oxygens (including phenoxy) is 1. The Labute approximate surface area is 114 Å². The lowest BCUT2D eigenvalue weighted by atomic mass is 9.97. The number of carboxylic acids is 1. The molecule has 0 bridgehead atoms. The molecular weight excluding hydrogens is 240 g/mol. The summed E-state index contributed by atoms with van der Waals surface area (Å²) in [6.07, 6.45) is 6.65. The second-order valence-electron chi connectivity index (χ2n) is 5.37. The Morgan fingerprint density at radius 3 is 2.47 bits per heavy atom. The lowest BCUT2D eigenvalue weighted by molar-refractivity contribution is -0.138. The van der Waals surface area contributed by atoms with Gasteiger partial charge < -0.3 is 9.84 Å². The number of hydrogen-bond donors (Lipinski definition) is 1. The Hall–Kier alpha value is -1.35. The summed E-state index contributed by atoms with van der Waals surface area (Å²) in [5, 5.41) is 8.95. The van der Waals surface area contributed by atoms with Crippen LogP contribution in [0.1, 0.15) is 56.1 Å². The number of carbonyl (C=O) groups is 1. The highest BCUT2D eigenvalue weighted by Gasteiger charge is 2.15. The molecule has 0 spiro atoms. The number of carboxylic acid groups (broad SMARTS) is 1. The fourth-order valence-corrected chi connectivity index (χ4v) is 2.49. The van der Waals surface area contributed by atoms with Gasteiger partial charge in [0.15, 0.2) is 0 Å². The molecule has 19 heavy (non-hydrogen) atoms. The van der Waals surface area contributed by atoms with E-state index in [1.165, 1.54) is 32.1 Å². The fraction of sp³-hybridized carbons (Fsp3) is 0.562. The highest BCUT2D eigenvalue weighted by atomic mass is 16.5. The number of rotatable bonds is 5. The largest absolute Gasteiger partial charge is 0.481 e. The minimum atomic E-state index is -0.786. The van der Waals surface area contributed by atoms with Crippen LogP contribution in [0.5, 0.6) is 0 Å². The molecule has 0 aromatic heterocycles. The van der Waals surface area contributed by atoms with Crippen molar-refractivity contribution in [2.75, 3.05) is 0 Å². The van der Waals surface area contributed by atoms with Crippen molar-refractivity contribution in [3.8, 4) is 0 Å². The summed E-state index contributed by atoms with van der Waals surface area (Å²) in [4.78, 5) is 10.9. The molecule has 1 atom stereocenters. The zero-order chi connectivity index (χ0) is 13.7. The van der Waals surface area contributed by atoms with Gasteiger partial charge in [-0.2, -0.15) is 0 Å². The minimum Gasteiger partial charge on any atom is -0.481 e. The maximum Gasteiger partial charge on any atom is 0.310 e. The predicted molar refractivity (Wildman–Crippen MR) is 74.2 cm³/mol. The molecule has 0 aliphatic heterocycles. The van der Waals surface area contributed by atoms with E-state index in [0.717, 1.165) is 11.1 Å². The van der Waals surface area contributed by atoms with Gasteiger partial charge in [0.05, 0.1) is 18.6 Å². The molecule has 104 valence electrons. The van der Waals surface area contributed by atoms with E-state index in [4.69, 9.17) is 9.84 Å². The van der Waals surface area contributed by atoms with E-state index in [1.807, 2.05) is 24.3 Å². The molecule has 1 aromatic carbocycles. The third kappa shape index (κ3) is 4.06. The number of aliphatic carboxylic acids is 1. The Kier molecular flexibility index (Phi) is 4.97. The Bertz CT molecular complexity index is 405. The molecule has 0 heterocycles. The first kappa shape index (κ1) is 14.1. The molecular formula is C16H22O3. The van der Waals surface area contributed by atoms with Gasteiger partial charge in [0, 0.05) is 0 Å². The third-order valence-corrected chi connectivity index (χ3v) is 3.89. The van der Waals surface area contributed by atoms with Crippen molar-refractivity contribution in [2.24, 2.45) is 0 Å². The van der Waals surface area contributed by atoms with E-state index >= 15 is 0 Å². The normalized spacial score (nSPS) is 18.2. The molecule has 1 fully saturated rings. The summed E-state index contributed by atoms with van der Waals surface area (Å²) in [6.45, 7) is 2.34. The zero-order valence-electron chi connectivity index (χ0n) is 11.5. The third-order valence-electron chi connectivity index (χ3n) is 3.89. The SMILES string of the molecule is CC(C(=O)O)c1ccc(COC2CCCCC2)cc1. The maximum atomic E-state index is 10.9. The molecule has 1 N–H and O–H groups in total. The fourth-order valence-electron chi connectivity index (χ4n) is 2.49. The van der Waals surface area contributed by atoms with Crippen LogP contribution in [-0.2, 0) is 16.1 Å². The first-order valence-electron chi connectivity index (χ1n) is 7.10. The van der Waals surface area contributed by atoms with E-state index in [0.29, 0.717) is 12.7 Å². The summed E-state index contributed by atoms with van der Waals surface area (Å²) < 4.78 is 5.90. The first-order chi connectivity index (χ1) is 9.16. The Morgan fingerprint density at radius 2 is 1.89 bits per heavy atom. The molecule has 2 rings (SSSR count). The van der Waals surface area contributed by atoms with Crippen molar-refractivity contribution in [3.05, 3.63) is 35.4 Å². The van der Waals surface area contributed by atoms with Crippen LogP contribution in [0.3, 0.4) is 0 Å². The highest BCUT2D eigenvalue weighted by Crippen LogP contribution is 2.22. The topological polar surface area (TPSA) is 46.5 Å². The van der Waals surface area contributed by atoms with Crippen molar-refractivity contribution in [1.29, 1.82) is 0 Å². The summed E-state index contributed by atoms with van der Waals surface area (Å²) in [5.74, 6) is -1.24. The molecule has 0 saturated heterocycles. The number of hydrogen-bond acceptors (Lipinski definition) is 2. The van der Waals surface area contributed by atoms with Crippen molar-refractivity contribution in [1.82, 2.24) is 0 Å². The lowest BCUT2D eigenvalue weighted by Gasteiger charge is -2.22. The van der Waals surface area contributed by atoms with Gasteiger partial charge in [-0.1, -0.05) is 43.5 Å². The standard InChI is InChI=1S/C16H22O3/c1-12(16(17)18)14-9-7-13(8-10-14)11-19-15-5-3-2-4-6-15/h7-10,12,15H,2-6,11H2,1H3,(H,17,18). The van der Waals surface area contributed by atoms with Gasteiger partial charge in [0.1, 0.15) is 0 Å². The van der Waals surface area contributed by atoms with Crippen molar-refractivity contribution in [2.45, 2.75) is 57.7 Å². The monoisotopic (exact) mass is 262 g/mol. The molecule has 1 saturated carbocycles. The lowest BCUT2D eigenvalue weighted by Crippen LogP contribution is -2.16. The van der Waals surface area contributed by atoms with Crippen LogP contribution in [0.15, 0.2) is 24.3 Å². The molecule has 1 aromatic rings. The van der Waals surface area contributed by atoms with Gasteiger partial charge in [-0.3, -0.25) is 4.79 Å². The van der Waals surface area contributed by atoms with E-state index < -0.39 is 11.9 Å². The van der Waals surface area contributed by atoms with Gasteiger partial charge in [-0.25, -0.2) is 0 Å². The van der Waals surface area contributed by atoms with Crippen LogP contribution in [0.25, 0.3) is 0 Å². The number of benzene rings is 1. The summed E-state index contributed by atoms with van der Waals surface area (Å²) >= 11 is 0. The molecule has 3 nitrogen and oxygen atoms in total. The average molecular weight is 262 g/mol. The van der Waals surface area contributed by atoms with E-state index in [9.17, 15) is 4.79 Å². The predicted octanol–water partition coefficient (Wildman–Crippen LogP) is 3.72. The molecule has 0 amide bonds. The maximum absolute atomic E-state index is 10.9. The quantitative estimate of drug-likeness (QED) is 0.879. The van der Waals surface area contributed by atoms with Crippen molar-refractivity contribution in [3.63, 3.8) is 0 Å². The molecule has 0 radical (unpaired) electrons.